The SMILES string of the molecule is Cc1cc(C)nc(Nc2nc(OC(C(F)(F)F)C(F)(F)F)nc(OC(C(F)(F)F)C(F)(F)F)n2)n1. The second-order valence-electron chi connectivity index (χ2n) is 6.49. The molecule has 0 aliphatic rings. The van der Waals surface area contributed by atoms with Crippen LogP contribution in [0, 0.1) is 13.8 Å². The molecular formula is C15H10F12N6O2. The minimum Gasteiger partial charge on any atom is -0.440 e. The van der Waals surface area contributed by atoms with Crippen molar-refractivity contribution in [3.63, 3.8) is 0 Å². The van der Waals surface area contributed by atoms with Gasteiger partial charge < -0.3 is 9.47 Å². The Morgan fingerprint density at radius 1 is 0.571 bits per heavy atom. The summed E-state index contributed by atoms with van der Waals surface area (Å²) in [5, 5.41) is 2.00. The van der Waals surface area contributed by atoms with Crippen molar-refractivity contribution in [3.8, 4) is 12.0 Å². The van der Waals surface area contributed by atoms with E-state index in [-0.39, 0.29) is 11.4 Å². The molecule has 1 N–H and O–H groups in total. The number of rotatable bonds is 6. The third-order valence-electron chi connectivity index (χ3n) is 3.44. The minimum absolute atomic E-state index is 0.255. The van der Waals surface area contributed by atoms with Crippen molar-refractivity contribution < 1.29 is 62.2 Å². The molecule has 0 atom stereocenters. The maximum Gasteiger partial charge on any atom is 0.434 e. The van der Waals surface area contributed by atoms with Gasteiger partial charge in [0.05, 0.1) is 0 Å². The maximum absolute atomic E-state index is 12.8. The van der Waals surface area contributed by atoms with Crippen molar-refractivity contribution in [2.45, 2.75) is 50.8 Å². The molecule has 0 saturated carbocycles. The Bertz CT molecular complexity index is 937. The summed E-state index contributed by atoms with van der Waals surface area (Å²) in [5.74, 6) is -1.67. The molecule has 0 bridgehead atoms. The van der Waals surface area contributed by atoms with Crippen LogP contribution in [-0.4, -0.2) is 61.8 Å². The Labute approximate surface area is 185 Å². The standard InChI is InChI=1S/C15H10F12N6O2/c1-4-3-5(2)29-8(28-4)30-9-31-10(34-6(12(16,17)18)13(19,20)21)33-11(32-9)35-7(14(22,23)24)15(25,26)27/h3,6-7H,1-2H3,(H,28,29,30,31,32,33). The normalized spacial score (nSPS) is 13.4. The molecule has 0 aromatic carbocycles. The Kier molecular flexibility index (Phi) is 7.46. The molecule has 0 radical (unpaired) electrons. The van der Waals surface area contributed by atoms with E-state index in [1.807, 2.05) is 5.32 Å². The van der Waals surface area contributed by atoms with E-state index >= 15 is 0 Å². The van der Waals surface area contributed by atoms with Gasteiger partial charge in [-0.3, -0.25) is 5.32 Å². The van der Waals surface area contributed by atoms with Crippen LogP contribution in [0.2, 0.25) is 0 Å². The number of aryl methyl sites for hydroxylation is 2. The first kappa shape index (κ1) is 27.9. The second kappa shape index (κ2) is 9.36. The van der Waals surface area contributed by atoms with Crippen molar-refractivity contribution in [3.05, 3.63) is 17.5 Å². The molecule has 20 heteroatoms. The fourth-order valence-electron chi connectivity index (χ4n) is 2.23. The highest BCUT2D eigenvalue weighted by molar-refractivity contribution is 5.43. The average molecular weight is 534 g/mol. The first-order valence-electron chi connectivity index (χ1n) is 8.62. The molecule has 0 amide bonds. The Morgan fingerprint density at radius 2 is 0.886 bits per heavy atom. The van der Waals surface area contributed by atoms with Gasteiger partial charge in [-0.2, -0.15) is 62.7 Å². The summed E-state index contributed by atoms with van der Waals surface area (Å²) in [7, 11) is 0. The van der Waals surface area contributed by atoms with Crippen LogP contribution < -0.4 is 14.8 Å². The van der Waals surface area contributed by atoms with E-state index in [0.29, 0.717) is 0 Å². The molecule has 8 nitrogen and oxygen atoms in total. The Hall–Kier alpha value is -3.35. The molecule has 2 heterocycles. The molecule has 2 rings (SSSR count). The largest absolute Gasteiger partial charge is 0.440 e. The molecule has 0 fully saturated rings. The van der Waals surface area contributed by atoms with Crippen LogP contribution in [0.15, 0.2) is 6.07 Å². The molecule has 0 unspecified atom stereocenters. The lowest BCUT2D eigenvalue weighted by Crippen LogP contribution is -2.47. The van der Waals surface area contributed by atoms with E-state index in [0.717, 1.165) is 0 Å². The lowest BCUT2D eigenvalue weighted by atomic mass is 10.3. The second-order valence-corrected chi connectivity index (χ2v) is 6.49. The highest BCUT2D eigenvalue weighted by Crippen LogP contribution is 2.38. The van der Waals surface area contributed by atoms with E-state index in [1.54, 1.807) is 0 Å². The topological polar surface area (TPSA) is 94.9 Å². The number of halogens is 12. The van der Waals surface area contributed by atoms with Crippen LogP contribution in [-0.2, 0) is 0 Å². The highest BCUT2D eigenvalue weighted by atomic mass is 19.4. The number of hydrogen-bond donors (Lipinski definition) is 1. The third-order valence-corrected chi connectivity index (χ3v) is 3.44. The number of hydrogen-bond acceptors (Lipinski definition) is 8. The van der Waals surface area contributed by atoms with Crippen LogP contribution in [0.25, 0.3) is 0 Å². The van der Waals surface area contributed by atoms with Gasteiger partial charge >= 0.3 is 36.7 Å². The number of ether oxygens (including phenoxy) is 2. The molecule has 0 spiro atoms. The van der Waals surface area contributed by atoms with Gasteiger partial charge in [0, 0.05) is 11.4 Å². The summed E-state index contributed by atoms with van der Waals surface area (Å²) in [6.45, 7) is 2.84. The van der Waals surface area contributed by atoms with E-state index in [4.69, 9.17) is 0 Å². The smallest absolute Gasteiger partial charge is 0.434 e. The van der Waals surface area contributed by atoms with Crippen LogP contribution >= 0.6 is 0 Å². The quantitative estimate of drug-likeness (QED) is 0.531. The zero-order chi connectivity index (χ0) is 27.0. The van der Waals surface area contributed by atoms with E-state index < -0.39 is 60.8 Å². The molecule has 0 aliphatic carbocycles. The van der Waals surface area contributed by atoms with Crippen molar-refractivity contribution >= 4 is 11.9 Å². The van der Waals surface area contributed by atoms with Crippen molar-refractivity contribution in [2.24, 2.45) is 0 Å². The van der Waals surface area contributed by atoms with Crippen molar-refractivity contribution in [1.82, 2.24) is 24.9 Å². The fraction of sp³-hybridized carbons (Fsp3) is 0.533. The van der Waals surface area contributed by atoms with E-state index in [2.05, 4.69) is 34.4 Å². The van der Waals surface area contributed by atoms with Crippen LogP contribution in [0.5, 0.6) is 12.0 Å². The van der Waals surface area contributed by atoms with Gasteiger partial charge in [-0.1, -0.05) is 0 Å². The zero-order valence-electron chi connectivity index (χ0n) is 16.8. The monoisotopic (exact) mass is 534 g/mol. The average Bonchev–Trinajstić information content (AvgIpc) is 2.59. The van der Waals surface area contributed by atoms with Gasteiger partial charge in [0.2, 0.25) is 11.9 Å². The van der Waals surface area contributed by atoms with E-state index in [9.17, 15) is 52.7 Å². The summed E-state index contributed by atoms with van der Waals surface area (Å²) in [6, 6.07) is -2.52. The summed E-state index contributed by atoms with van der Waals surface area (Å²) >= 11 is 0. The van der Waals surface area contributed by atoms with E-state index in [1.165, 1.54) is 19.9 Å². The maximum atomic E-state index is 12.8. The Balaban J connectivity index is 2.57. The first-order valence-corrected chi connectivity index (χ1v) is 8.62. The summed E-state index contributed by atoms with van der Waals surface area (Å²) in [4.78, 5) is 16.1. The van der Waals surface area contributed by atoms with Crippen LogP contribution in [0.1, 0.15) is 11.4 Å². The minimum atomic E-state index is -6.13. The van der Waals surface area contributed by atoms with Gasteiger partial charge in [0.1, 0.15) is 0 Å². The zero-order valence-corrected chi connectivity index (χ0v) is 16.8. The fourth-order valence-corrected chi connectivity index (χ4v) is 2.23. The molecule has 35 heavy (non-hydrogen) atoms. The Morgan fingerprint density at radius 3 is 1.20 bits per heavy atom. The van der Waals surface area contributed by atoms with Crippen molar-refractivity contribution in [1.29, 1.82) is 0 Å². The summed E-state index contributed by atoms with van der Waals surface area (Å²) < 4.78 is 161. The summed E-state index contributed by atoms with van der Waals surface area (Å²) in [5.41, 5.74) is 0.510. The van der Waals surface area contributed by atoms with Crippen LogP contribution in [0.4, 0.5) is 64.6 Å². The van der Waals surface area contributed by atoms with Gasteiger partial charge in [0.15, 0.2) is 0 Å². The highest BCUT2D eigenvalue weighted by Gasteiger charge is 2.61. The number of anilines is 2. The predicted octanol–water partition coefficient (Wildman–Crippen LogP) is 4.77. The molecule has 2 aromatic rings. The lowest BCUT2D eigenvalue weighted by molar-refractivity contribution is -0.302. The third kappa shape index (κ3) is 7.84. The first-order chi connectivity index (χ1) is 15.7. The van der Waals surface area contributed by atoms with Crippen LogP contribution in [0.3, 0.4) is 0 Å². The lowest BCUT2D eigenvalue weighted by Gasteiger charge is -2.24. The number of nitrogens with zero attached hydrogens (tertiary/aromatic N) is 5. The predicted molar refractivity (Wildman–Crippen MR) is 87.7 cm³/mol. The van der Waals surface area contributed by atoms with Gasteiger partial charge in [-0.15, -0.1) is 4.98 Å². The van der Waals surface area contributed by atoms with Crippen molar-refractivity contribution in [2.75, 3.05) is 5.32 Å². The molecule has 2 aromatic heterocycles. The molecule has 196 valence electrons. The number of nitrogens with one attached hydrogen (secondary N) is 1. The molecule has 0 aliphatic heterocycles. The molecular weight excluding hydrogens is 524 g/mol. The number of aromatic nitrogens is 5. The number of alkyl halides is 12. The summed E-state index contributed by atoms with van der Waals surface area (Å²) in [6.07, 6.45) is -33.7. The van der Waals surface area contributed by atoms with Gasteiger partial charge in [0.25, 0.3) is 12.2 Å². The molecule has 0 saturated heterocycles. The van der Waals surface area contributed by atoms with Gasteiger partial charge in [-0.25, -0.2) is 9.97 Å². The van der Waals surface area contributed by atoms with Gasteiger partial charge in [-0.05, 0) is 19.9 Å².